The highest BCUT2D eigenvalue weighted by Gasteiger charge is 2.76. The smallest absolute Gasteiger partial charge is 0.312 e. The Morgan fingerprint density at radius 3 is 2.25 bits per heavy atom. The molecule has 0 spiro atoms. The van der Waals surface area contributed by atoms with Gasteiger partial charge in [0, 0.05) is 47.7 Å². The number of carbonyl (C=O) groups is 6. The number of benzene rings is 2. The Kier molecular flexibility index (Phi) is 13.1. The number of ketones is 4. The van der Waals surface area contributed by atoms with Gasteiger partial charge in [0.15, 0.2) is 17.2 Å². The number of carbonyl (C=O) groups excluding carboxylic acids is 6. The van der Waals surface area contributed by atoms with E-state index in [1.165, 1.54) is 26.0 Å². The summed E-state index contributed by atoms with van der Waals surface area (Å²) in [5.41, 5.74) is -0.988. The highest BCUT2D eigenvalue weighted by molar-refractivity contribution is 6.01. The zero-order valence-corrected chi connectivity index (χ0v) is 34.9. The molecule has 0 bridgehead atoms. The lowest BCUT2D eigenvalue weighted by Crippen LogP contribution is -2.70. The van der Waals surface area contributed by atoms with E-state index in [0.717, 1.165) is 6.08 Å². The molecule has 61 heavy (non-hydrogen) atoms. The predicted molar refractivity (Wildman–Crippen MR) is 220 cm³/mol. The Labute approximate surface area is 353 Å². The van der Waals surface area contributed by atoms with E-state index >= 15 is 8.78 Å². The molecular weight excluding hydrogens is 793 g/mol. The number of rotatable bonds is 17. The van der Waals surface area contributed by atoms with Gasteiger partial charge in [0.1, 0.15) is 42.3 Å². The molecule has 2 aromatic rings. The largest absolute Gasteiger partial charge is 0.486 e. The summed E-state index contributed by atoms with van der Waals surface area (Å²) < 4.78 is 44.8. The van der Waals surface area contributed by atoms with Crippen LogP contribution in [-0.2, 0) is 30.4 Å². The molecule has 0 unspecified atom stereocenters. The van der Waals surface area contributed by atoms with Crippen molar-refractivity contribution in [3.8, 4) is 11.5 Å². The lowest BCUT2D eigenvalue weighted by molar-refractivity contribution is -0.223. The number of aliphatic hydroxyl groups excluding tert-OH is 1. The minimum absolute atomic E-state index is 0.00649. The van der Waals surface area contributed by atoms with Gasteiger partial charge in [-0.1, -0.05) is 32.1 Å². The zero-order chi connectivity index (χ0) is 44.5. The molecule has 4 aliphatic rings. The molecule has 10 atom stereocenters. The first kappa shape index (κ1) is 45.3. The van der Waals surface area contributed by atoms with Gasteiger partial charge in [-0.25, -0.2) is 13.6 Å². The number of ether oxygens (including phenoxy) is 2. The standard InChI is InChI=1S/C46H55F2N3O10/c1-26-18-35-36-22-38(47)37-21-31(53)15-16-43(37,3)45(36,48)39(55)23-44(35,4)46(26,59)40(56)25-61-33-11-7-28(8-12-33)20-32(54)24-60-34-13-9-30(10-14-34)51-41(57)29(19-27(2)52)6-5-17-50-42(49)58/h7-16,21,26,29,35-36,38-39,55,59H,5-6,17-20,22-25H2,1-4H3,(H,51,57)(H3,49,50,58)/t26-,29-,35+,36+,38+,39+,43+,44+,45+,46+/m1/s1. The van der Waals surface area contributed by atoms with Crippen LogP contribution in [0, 0.1) is 34.5 Å². The number of Topliss-reactive ketones (excluding diaryl/α,β-unsaturated/α-hetero) is 3. The number of primary amides is 1. The van der Waals surface area contributed by atoms with E-state index in [0.29, 0.717) is 35.6 Å². The van der Waals surface area contributed by atoms with Crippen LogP contribution >= 0.6 is 0 Å². The van der Waals surface area contributed by atoms with Crippen molar-refractivity contribution in [1.82, 2.24) is 5.32 Å². The number of anilines is 1. The monoisotopic (exact) mass is 847 g/mol. The maximum atomic E-state index is 17.5. The highest BCUT2D eigenvalue weighted by Crippen LogP contribution is 2.71. The van der Waals surface area contributed by atoms with Gasteiger partial charge in [-0.15, -0.1) is 0 Å². The molecule has 0 heterocycles. The van der Waals surface area contributed by atoms with Crippen LogP contribution in [0.3, 0.4) is 0 Å². The molecule has 3 saturated carbocycles. The fourth-order valence-electron chi connectivity index (χ4n) is 10.7. The van der Waals surface area contributed by atoms with Crippen molar-refractivity contribution < 1.29 is 57.2 Å². The number of nitrogens with two attached hydrogens (primary N) is 1. The van der Waals surface area contributed by atoms with Gasteiger partial charge < -0.3 is 40.8 Å². The third-order valence-electron chi connectivity index (χ3n) is 13.8. The first-order valence-corrected chi connectivity index (χ1v) is 20.7. The molecule has 6 N–H and O–H groups in total. The number of hydrogen-bond acceptors (Lipinski definition) is 10. The zero-order valence-electron chi connectivity index (χ0n) is 34.9. The number of urea groups is 1. The van der Waals surface area contributed by atoms with Gasteiger partial charge in [0.05, 0.1) is 6.10 Å². The van der Waals surface area contributed by atoms with E-state index in [2.05, 4.69) is 10.6 Å². The van der Waals surface area contributed by atoms with Crippen LogP contribution in [0.15, 0.2) is 72.3 Å². The number of halogens is 2. The third-order valence-corrected chi connectivity index (χ3v) is 13.8. The van der Waals surface area contributed by atoms with Crippen LogP contribution < -0.4 is 25.8 Å². The summed E-state index contributed by atoms with van der Waals surface area (Å²) in [5.74, 6) is -3.99. The third kappa shape index (κ3) is 8.63. The van der Waals surface area contributed by atoms with E-state index in [9.17, 15) is 39.0 Å². The molecule has 6 rings (SSSR count). The van der Waals surface area contributed by atoms with Crippen LogP contribution in [0.1, 0.15) is 71.8 Å². The average molecular weight is 848 g/mol. The molecular formula is C46H55F2N3O10. The fourth-order valence-corrected chi connectivity index (χ4v) is 10.7. The molecule has 3 fully saturated rings. The molecule has 0 aromatic heterocycles. The number of fused-ring (bicyclic) bond motifs is 5. The van der Waals surface area contributed by atoms with E-state index in [-0.39, 0.29) is 68.3 Å². The molecule has 3 amide bonds. The predicted octanol–water partition coefficient (Wildman–Crippen LogP) is 5.10. The van der Waals surface area contributed by atoms with Crippen molar-refractivity contribution in [2.45, 2.75) is 96.2 Å². The fraction of sp³-hybridized carbons (Fsp3) is 0.522. The number of hydrogen-bond donors (Lipinski definition) is 5. The molecule has 2 aromatic carbocycles. The summed E-state index contributed by atoms with van der Waals surface area (Å²) in [6, 6.07) is 12.3. The van der Waals surface area contributed by atoms with Crippen molar-refractivity contribution in [3.05, 3.63) is 77.9 Å². The number of amides is 3. The maximum Gasteiger partial charge on any atom is 0.312 e. The Hall–Kier alpha value is -5.28. The second kappa shape index (κ2) is 17.6. The molecule has 328 valence electrons. The lowest BCUT2D eigenvalue weighted by Gasteiger charge is -2.63. The number of nitrogens with one attached hydrogen (secondary N) is 2. The van der Waals surface area contributed by atoms with Crippen LogP contribution in [0.25, 0.3) is 0 Å². The molecule has 13 nitrogen and oxygen atoms in total. The van der Waals surface area contributed by atoms with Crippen molar-refractivity contribution >= 4 is 40.8 Å². The van der Waals surface area contributed by atoms with Crippen LogP contribution in [-0.4, -0.2) is 88.6 Å². The Balaban J connectivity index is 0.999. The topological polar surface area (TPSA) is 211 Å². The summed E-state index contributed by atoms with van der Waals surface area (Å²) in [7, 11) is 0. The van der Waals surface area contributed by atoms with Crippen molar-refractivity contribution in [2.24, 2.45) is 40.2 Å². The normalized spacial score (nSPS) is 31.7. The quantitative estimate of drug-likeness (QED) is 0.133. The van der Waals surface area contributed by atoms with Gasteiger partial charge in [-0.2, -0.15) is 0 Å². The van der Waals surface area contributed by atoms with Crippen molar-refractivity contribution in [3.63, 3.8) is 0 Å². The molecule has 0 radical (unpaired) electrons. The summed E-state index contributed by atoms with van der Waals surface area (Å²) >= 11 is 0. The lowest BCUT2D eigenvalue weighted by atomic mass is 9.44. The van der Waals surface area contributed by atoms with Gasteiger partial charge in [-0.05, 0) is 117 Å². The first-order valence-electron chi connectivity index (χ1n) is 20.7. The Bertz CT molecular complexity index is 2110. The van der Waals surface area contributed by atoms with Gasteiger partial charge in [0.25, 0.3) is 0 Å². The minimum Gasteiger partial charge on any atom is -0.486 e. The van der Waals surface area contributed by atoms with E-state index in [1.54, 1.807) is 62.4 Å². The van der Waals surface area contributed by atoms with E-state index in [1.807, 2.05) is 0 Å². The molecule has 4 aliphatic carbocycles. The van der Waals surface area contributed by atoms with Crippen molar-refractivity contribution in [2.75, 3.05) is 25.1 Å². The van der Waals surface area contributed by atoms with E-state index in [4.69, 9.17) is 15.2 Å². The summed E-state index contributed by atoms with van der Waals surface area (Å²) in [4.78, 5) is 74.4. The summed E-state index contributed by atoms with van der Waals surface area (Å²) in [6.45, 7) is 5.82. The van der Waals surface area contributed by atoms with Crippen LogP contribution in [0.2, 0.25) is 0 Å². The molecule has 15 heteroatoms. The minimum atomic E-state index is -2.33. The number of aliphatic hydroxyl groups is 2. The Morgan fingerprint density at radius 2 is 1.61 bits per heavy atom. The van der Waals surface area contributed by atoms with Crippen LogP contribution in [0.5, 0.6) is 11.5 Å². The number of alkyl halides is 2. The second-order valence-electron chi connectivity index (χ2n) is 17.7. The van der Waals surface area contributed by atoms with Gasteiger partial charge >= 0.3 is 6.03 Å². The molecule has 0 aliphatic heterocycles. The Morgan fingerprint density at radius 1 is 0.967 bits per heavy atom. The van der Waals surface area contributed by atoms with Crippen LogP contribution in [0.4, 0.5) is 19.3 Å². The van der Waals surface area contributed by atoms with Gasteiger partial charge in [-0.3, -0.25) is 19.2 Å². The summed E-state index contributed by atoms with van der Waals surface area (Å²) in [5, 5.41) is 29.1. The van der Waals surface area contributed by atoms with Gasteiger partial charge in [0.2, 0.25) is 11.7 Å². The SMILES string of the molecule is CC(=O)C[C@@H](CCCNC(N)=O)C(=O)Nc1ccc(OCC(=O)Cc2ccc(OCC(=O)[C@@]3(O)[C@H](C)C[C@H]4[C@@H]5C[C@H](F)C6=CC(=O)C=C[C@]6(C)[C@@]5(F)[C@@H](O)C[C@@]43C)cc2)cc1. The first-order chi connectivity index (χ1) is 28.7. The molecule has 0 saturated heterocycles. The highest BCUT2D eigenvalue weighted by atomic mass is 19.1. The van der Waals surface area contributed by atoms with Crippen molar-refractivity contribution in [1.29, 1.82) is 0 Å². The second-order valence-corrected chi connectivity index (χ2v) is 17.7. The number of allylic oxidation sites excluding steroid dienone is 4. The average Bonchev–Trinajstić information content (AvgIpc) is 3.41. The van der Waals surface area contributed by atoms with E-state index < -0.39 is 82.3 Å². The summed E-state index contributed by atoms with van der Waals surface area (Å²) in [6.07, 6.45) is 1.03. The maximum absolute atomic E-state index is 17.5.